The molecule has 0 aromatic rings. The molecule has 2 aliphatic rings. The maximum Gasteiger partial charge on any atom is 0.254 e. The van der Waals surface area contributed by atoms with E-state index in [0.29, 0.717) is 5.92 Å². The SMILES string of the molecule is CCC1CCCN(C(=O)C2(OC)CCNCC2)C1.Cl. The van der Waals surface area contributed by atoms with Gasteiger partial charge < -0.3 is 15.0 Å². The first kappa shape index (κ1) is 16.7. The highest BCUT2D eigenvalue weighted by molar-refractivity contribution is 5.86. The number of ether oxygens (including phenoxy) is 1. The van der Waals surface area contributed by atoms with Crippen molar-refractivity contribution in [3.8, 4) is 0 Å². The number of halogens is 1. The molecule has 0 bridgehead atoms. The number of carbonyl (C=O) groups is 1. The molecule has 0 radical (unpaired) electrons. The van der Waals surface area contributed by atoms with Crippen LogP contribution >= 0.6 is 12.4 Å². The molecule has 1 atom stereocenters. The molecular weight excluding hydrogens is 264 g/mol. The molecule has 2 aliphatic heterocycles. The molecular formula is C14H27ClN2O2. The lowest BCUT2D eigenvalue weighted by atomic mass is 9.88. The summed E-state index contributed by atoms with van der Waals surface area (Å²) in [6, 6.07) is 0. The minimum Gasteiger partial charge on any atom is -0.368 e. The van der Waals surface area contributed by atoms with Crippen LogP contribution in [0.4, 0.5) is 0 Å². The second-order valence-corrected chi connectivity index (χ2v) is 5.62. The summed E-state index contributed by atoms with van der Waals surface area (Å²) in [5.74, 6) is 0.906. The highest BCUT2D eigenvalue weighted by Gasteiger charge is 2.43. The van der Waals surface area contributed by atoms with Gasteiger partial charge in [-0.2, -0.15) is 0 Å². The maximum absolute atomic E-state index is 12.7. The van der Waals surface area contributed by atoms with Crippen LogP contribution in [0, 0.1) is 5.92 Å². The number of amides is 1. The van der Waals surface area contributed by atoms with Crippen molar-refractivity contribution in [1.29, 1.82) is 0 Å². The largest absolute Gasteiger partial charge is 0.368 e. The number of hydrogen-bond donors (Lipinski definition) is 1. The summed E-state index contributed by atoms with van der Waals surface area (Å²) in [6.45, 7) is 5.81. The van der Waals surface area contributed by atoms with Gasteiger partial charge in [0.15, 0.2) is 0 Å². The number of rotatable bonds is 3. The zero-order chi connectivity index (χ0) is 13.0. The van der Waals surface area contributed by atoms with Crippen LogP contribution in [0.5, 0.6) is 0 Å². The normalized spacial score (nSPS) is 26.6. The molecule has 0 saturated carbocycles. The van der Waals surface area contributed by atoms with E-state index in [0.717, 1.165) is 45.4 Å². The summed E-state index contributed by atoms with van der Waals surface area (Å²) in [7, 11) is 1.68. The Hall–Kier alpha value is -0.320. The fourth-order valence-corrected chi connectivity index (χ4v) is 3.21. The van der Waals surface area contributed by atoms with Crippen LogP contribution < -0.4 is 5.32 Å². The average Bonchev–Trinajstić information content (AvgIpc) is 2.47. The number of methoxy groups -OCH3 is 1. The van der Waals surface area contributed by atoms with Gasteiger partial charge in [0.25, 0.3) is 5.91 Å². The van der Waals surface area contributed by atoms with Gasteiger partial charge >= 0.3 is 0 Å². The van der Waals surface area contributed by atoms with E-state index in [1.807, 2.05) is 4.90 Å². The highest BCUT2D eigenvalue weighted by Crippen LogP contribution is 2.28. The molecule has 1 unspecified atom stereocenters. The van der Waals surface area contributed by atoms with Crippen molar-refractivity contribution >= 4 is 18.3 Å². The Kier molecular flexibility index (Phi) is 6.57. The number of likely N-dealkylation sites (tertiary alicyclic amines) is 1. The second kappa shape index (κ2) is 7.46. The Balaban J connectivity index is 0.00000180. The molecule has 1 amide bonds. The van der Waals surface area contributed by atoms with E-state index in [9.17, 15) is 4.79 Å². The number of carbonyl (C=O) groups excluding carboxylic acids is 1. The van der Waals surface area contributed by atoms with E-state index in [4.69, 9.17) is 4.74 Å². The van der Waals surface area contributed by atoms with Crippen LogP contribution in [0.2, 0.25) is 0 Å². The van der Waals surface area contributed by atoms with Crippen molar-refractivity contribution in [3.63, 3.8) is 0 Å². The Morgan fingerprint density at radius 1 is 1.42 bits per heavy atom. The summed E-state index contributed by atoms with van der Waals surface area (Å²) in [5, 5.41) is 3.30. The topological polar surface area (TPSA) is 41.6 Å². The highest BCUT2D eigenvalue weighted by atomic mass is 35.5. The van der Waals surface area contributed by atoms with Gasteiger partial charge in [0.2, 0.25) is 0 Å². The fraction of sp³-hybridized carbons (Fsp3) is 0.929. The average molecular weight is 291 g/mol. The van der Waals surface area contributed by atoms with Gasteiger partial charge in [0.05, 0.1) is 0 Å². The van der Waals surface area contributed by atoms with E-state index in [-0.39, 0.29) is 18.3 Å². The molecule has 2 saturated heterocycles. The molecule has 0 aromatic carbocycles. The summed E-state index contributed by atoms with van der Waals surface area (Å²) in [5.41, 5.74) is -0.555. The monoisotopic (exact) mass is 290 g/mol. The van der Waals surface area contributed by atoms with Crippen molar-refractivity contribution in [3.05, 3.63) is 0 Å². The minimum absolute atomic E-state index is 0. The minimum atomic E-state index is -0.555. The molecule has 0 aromatic heterocycles. The lowest BCUT2D eigenvalue weighted by molar-refractivity contribution is -0.160. The van der Waals surface area contributed by atoms with Crippen molar-refractivity contribution in [1.82, 2.24) is 10.2 Å². The molecule has 2 rings (SSSR count). The van der Waals surface area contributed by atoms with Crippen LogP contribution in [-0.4, -0.2) is 49.7 Å². The zero-order valence-electron chi connectivity index (χ0n) is 12.1. The van der Waals surface area contributed by atoms with Crippen LogP contribution in [0.1, 0.15) is 39.0 Å². The van der Waals surface area contributed by atoms with Crippen molar-refractivity contribution in [2.45, 2.75) is 44.6 Å². The second-order valence-electron chi connectivity index (χ2n) is 5.62. The van der Waals surface area contributed by atoms with Gasteiger partial charge in [-0.25, -0.2) is 0 Å². The lowest BCUT2D eigenvalue weighted by Crippen LogP contribution is -2.57. The van der Waals surface area contributed by atoms with Crippen LogP contribution in [0.15, 0.2) is 0 Å². The Bertz CT molecular complexity index is 293. The maximum atomic E-state index is 12.7. The van der Waals surface area contributed by atoms with Gasteiger partial charge in [-0.3, -0.25) is 4.79 Å². The number of nitrogens with one attached hydrogen (secondary N) is 1. The smallest absolute Gasteiger partial charge is 0.254 e. The zero-order valence-corrected chi connectivity index (χ0v) is 12.9. The Morgan fingerprint density at radius 3 is 2.68 bits per heavy atom. The first-order valence-corrected chi connectivity index (χ1v) is 7.27. The molecule has 2 heterocycles. The van der Waals surface area contributed by atoms with Gasteiger partial charge in [-0.05, 0) is 44.7 Å². The number of hydrogen-bond acceptors (Lipinski definition) is 3. The standard InChI is InChI=1S/C14H26N2O2.ClH/c1-3-12-5-4-10-16(11-12)13(17)14(18-2)6-8-15-9-7-14;/h12,15H,3-11H2,1-2H3;1H. The summed E-state index contributed by atoms with van der Waals surface area (Å²) in [6.07, 6.45) is 5.18. The van der Waals surface area contributed by atoms with E-state index in [1.54, 1.807) is 7.11 Å². The van der Waals surface area contributed by atoms with Gasteiger partial charge in [-0.1, -0.05) is 13.3 Å². The summed E-state index contributed by atoms with van der Waals surface area (Å²) < 4.78 is 5.63. The Morgan fingerprint density at radius 2 is 2.11 bits per heavy atom. The van der Waals surface area contributed by atoms with Crippen LogP contribution in [0.25, 0.3) is 0 Å². The summed E-state index contributed by atoms with van der Waals surface area (Å²) >= 11 is 0. The molecule has 5 heteroatoms. The van der Waals surface area contributed by atoms with Gasteiger partial charge in [0, 0.05) is 20.2 Å². The predicted molar refractivity (Wildman–Crippen MR) is 78.7 cm³/mol. The predicted octanol–water partition coefficient (Wildman–Crippen LogP) is 1.83. The van der Waals surface area contributed by atoms with Crippen molar-refractivity contribution < 1.29 is 9.53 Å². The molecule has 2 fully saturated rings. The summed E-state index contributed by atoms with van der Waals surface area (Å²) in [4.78, 5) is 14.8. The number of piperidine rings is 2. The van der Waals surface area contributed by atoms with Gasteiger partial charge in [0.1, 0.15) is 5.60 Å². The van der Waals surface area contributed by atoms with E-state index in [2.05, 4.69) is 12.2 Å². The fourth-order valence-electron chi connectivity index (χ4n) is 3.21. The van der Waals surface area contributed by atoms with Crippen LogP contribution in [-0.2, 0) is 9.53 Å². The third kappa shape index (κ3) is 3.61. The van der Waals surface area contributed by atoms with Gasteiger partial charge in [-0.15, -0.1) is 12.4 Å². The molecule has 0 aliphatic carbocycles. The van der Waals surface area contributed by atoms with E-state index in [1.165, 1.54) is 12.8 Å². The third-order valence-electron chi connectivity index (χ3n) is 4.58. The first-order valence-electron chi connectivity index (χ1n) is 7.27. The van der Waals surface area contributed by atoms with Crippen molar-refractivity contribution in [2.24, 2.45) is 5.92 Å². The molecule has 19 heavy (non-hydrogen) atoms. The third-order valence-corrected chi connectivity index (χ3v) is 4.58. The quantitative estimate of drug-likeness (QED) is 0.862. The Labute approximate surface area is 122 Å². The molecule has 1 N–H and O–H groups in total. The molecule has 112 valence electrons. The number of nitrogens with zero attached hydrogens (tertiary/aromatic N) is 1. The van der Waals surface area contributed by atoms with Crippen LogP contribution in [0.3, 0.4) is 0 Å². The van der Waals surface area contributed by atoms with E-state index < -0.39 is 5.60 Å². The van der Waals surface area contributed by atoms with E-state index >= 15 is 0 Å². The van der Waals surface area contributed by atoms with Crippen molar-refractivity contribution in [2.75, 3.05) is 33.3 Å². The molecule has 4 nitrogen and oxygen atoms in total. The first-order chi connectivity index (χ1) is 8.72. The molecule has 0 spiro atoms. The lowest BCUT2D eigenvalue weighted by Gasteiger charge is -2.41.